The summed E-state index contributed by atoms with van der Waals surface area (Å²) in [5, 5.41) is 3.09. The van der Waals surface area contributed by atoms with Gasteiger partial charge < -0.3 is 10.2 Å². The summed E-state index contributed by atoms with van der Waals surface area (Å²) >= 11 is 3.50. The van der Waals surface area contributed by atoms with Crippen molar-refractivity contribution in [2.45, 2.75) is 37.8 Å². The molecule has 1 aliphatic carbocycles. The molecule has 1 aromatic rings. The molecule has 3 rings (SSSR count). The molecule has 0 radical (unpaired) electrons. The lowest BCUT2D eigenvalue weighted by molar-refractivity contribution is 0.192. The summed E-state index contributed by atoms with van der Waals surface area (Å²) in [4.78, 5) is 14.2. The molecule has 1 unspecified atom stereocenters. The fourth-order valence-electron chi connectivity index (χ4n) is 2.56. The van der Waals surface area contributed by atoms with Crippen LogP contribution in [0.25, 0.3) is 0 Å². The highest BCUT2D eigenvalue weighted by atomic mass is 79.9. The van der Waals surface area contributed by atoms with Gasteiger partial charge in [-0.3, -0.25) is 0 Å². The number of halogens is 1. The Kier molecular flexibility index (Phi) is 3.29. The number of carbonyl (C=O) groups excluding carboxylic acids is 1. The molecule has 1 saturated carbocycles. The largest absolute Gasteiger partial charge is 0.335 e. The van der Waals surface area contributed by atoms with E-state index in [2.05, 4.69) is 33.4 Å². The smallest absolute Gasteiger partial charge is 0.318 e. The van der Waals surface area contributed by atoms with Crippen LogP contribution < -0.4 is 5.32 Å². The molecule has 1 aliphatic heterocycles. The van der Waals surface area contributed by atoms with Gasteiger partial charge in [0.1, 0.15) is 0 Å². The SMILES string of the molecule is O=C(NC1CC1)N1CCCC1c1cccc(Br)c1. The fraction of sp³-hybridized carbons (Fsp3) is 0.500. The highest BCUT2D eigenvalue weighted by Crippen LogP contribution is 2.33. The molecule has 2 amide bonds. The molecule has 1 aromatic carbocycles. The van der Waals surface area contributed by atoms with Gasteiger partial charge in [-0.05, 0) is 43.4 Å². The summed E-state index contributed by atoms with van der Waals surface area (Å²) in [5.74, 6) is 0. The first-order valence-corrected chi connectivity index (χ1v) is 7.36. The zero-order chi connectivity index (χ0) is 12.5. The lowest BCUT2D eigenvalue weighted by Gasteiger charge is -2.25. The minimum absolute atomic E-state index is 0.111. The molecule has 1 N–H and O–H groups in total. The second kappa shape index (κ2) is 4.92. The van der Waals surface area contributed by atoms with Crippen molar-refractivity contribution in [3.05, 3.63) is 34.3 Å². The first-order valence-electron chi connectivity index (χ1n) is 6.56. The van der Waals surface area contributed by atoms with Gasteiger partial charge in [0.25, 0.3) is 0 Å². The summed E-state index contributed by atoms with van der Waals surface area (Å²) in [6, 6.07) is 9.07. The lowest BCUT2D eigenvalue weighted by Crippen LogP contribution is -2.40. The van der Waals surface area contributed by atoms with E-state index in [9.17, 15) is 4.79 Å². The zero-order valence-electron chi connectivity index (χ0n) is 10.2. The maximum atomic E-state index is 12.2. The quantitative estimate of drug-likeness (QED) is 0.891. The van der Waals surface area contributed by atoms with E-state index in [1.54, 1.807) is 0 Å². The highest BCUT2D eigenvalue weighted by Gasteiger charge is 2.33. The van der Waals surface area contributed by atoms with Gasteiger partial charge in [0.2, 0.25) is 0 Å². The molecular weight excluding hydrogens is 292 g/mol. The Morgan fingerprint density at radius 3 is 2.89 bits per heavy atom. The van der Waals surface area contributed by atoms with Gasteiger partial charge in [0.05, 0.1) is 6.04 Å². The number of carbonyl (C=O) groups is 1. The van der Waals surface area contributed by atoms with Crippen LogP contribution >= 0.6 is 15.9 Å². The third-order valence-corrected chi connectivity index (χ3v) is 4.15. The van der Waals surface area contributed by atoms with E-state index < -0.39 is 0 Å². The second-order valence-electron chi connectivity index (χ2n) is 5.13. The number of nitrogens with one attached hydrogen (secondary N) is 1. The number of likely N-dealkylation sites (tertiary alicyclic amines) is 1. The first-order chi connectivity index (χ1) is 8.74. The summed E-state index contributed by atoms with van der Waals surface area (Å²) in [6.45, 7) is 0.871. The standard InChI is InChI=1S/C14H17BrN2O/c15-11-4-1-3-10(9-11)13-5-2-8-17(13)14(18)16-12-6-7-12/h1,3-4,9,12-13H,2,5-8H2,(H,16,18). The summed E-state index contributed by atoms with van der Waals surface area (Å²) in [5.41, 5.74) is 1.23. The Hall–Kier alpha value is -1.03. The molecule has 1 atom stereocenters. The van der Waals surface area contributed by atoms with Crippen LogP contribution in [-0.4, -0.2) is 23.5 Å². The fourth-order valence-corrected chi connectivity index (χ4v) is 2.97. The Morgan fingerprint density at radius 1 is 1.33 bits per heavy atom. The van der Waals surface area contributed by atoms with Crippen molar-refractivity contribution in [1.29, 1.82) is 0 Å². The minimum atomic E-state index is 0.111. The van der Waals surface area contributed by atoms with Crippen LogP contribution in [0.3, 0.4) is 0 Å². The minimum Gasteiger partial charge on any atom is -0.335 e. The second-order valence-corrected chi connectivity index (χ2v) is 6.05. The molecule has 4 heteroatoms. The van der Waals surface area contributed by atoms with Gasteiger partial charge in [-0.15, -0.1) is 0 Å². The molecular formula is C14H17BrN2O. The number of nitrogens with zero attached hydrogens (tertiary/aromatic N) is 1. The Labute approximate surface area is 116 Å². The van der Waals surface area contributed by atoms with Crippen molar-refractivity contribution in [3.63, 3.8) is 0 Å². The molecule has 0 aromatic heterocycles. The number of amides is 2. The number of benzene rings is 1. The summed E-state index contributed by atoms with van der Waals surface area (Å²) < 4.78 is 1.08. The van der Waals surface area contributed by atoms with E-state index in [1.807, 2.05) is 17.0 Å². The maximum absolute atomic E-state index is 12.2. The van der Waals surface area contributed by atoms with Crippen molar-refractivity contribution < 1.29 is 4.79 Å². The Morgan fingerprint density at radius 2 is 2.17 bits per heavy atom. The third kappa shape index (κ3) is 2.53. The van der Waals surface area contributed by atoms with Crippen LogP contribution in [-0.2, 0) is 0 Å². The van der Waals surface area contributed by atoms with E-state index in [1.165, 1.54) is 5.56 Å². The highest BCUT2D eigenvalue weighted by molar-refractivity contribution is 9.10. The van der Waals surface area contributed by atoms with E-state index in [-0.39, 0.29) is 12.1 Å². The van der Waals surface area contributed by atoms with Crippen molar-refractivity contribution in [2.24, 2.45) is 0 Å². The molecule has 1 heterocycles. The topological polar surface area (TPSA) is 32.3 Å². The van der Waals surface area contributed by atoms with Gasteiger partial charge in [-0.2, -0.15) is 0 Å². The first kappa shape index (κ1) is 12.0. The average Bonchev–Trinajstić information content (AvgIpc) is 3.03. The Bertz CT molecular complexity index is 459. The van der Waals surface area contributed by atoms with Crippen molar-refractivity contribution >= 4 is 22.0 Å². The Balaban J connectivity index is 1.75. The van der Waals surface area contributed by atoms with Crippen molar-refractivity contribution in [1.82, 2.24) is 10.2 Å². The van der Waals surface area contributed by atoms with E-state index in [0.29, 0.717) is 6.04 Å². The van der Waals surface area contributed by atoms with Crippen LogP contribution in [0, 0.1) is 0 Å². The molecule has 0 bridgehead atoms. The van der Waals surface area contributed by atoms with E-state index in [4.69, 9.17) is 0 Å². The normalized spacial score (nSPS) is 23.2. The van der Waals surface area contributed by atoms with Gasteiger partial charge in [-0.25, -0.2) is 4.79 Å². The maximum Gasteiger partial charge on any atom is 0.318 e. The number of urea groups is 1. The summed E-state index contributed by atoms with van der Waals surface area (Å²) in [6.07, 6.45) is 4.44. The van der Waals surface area contributed by atoms with Crippen molar-refractivity contribution in [2.75, 3.05) is 6.54 Å². The van der Waals surface area contributed by atoms with E-state index in [0.717, 1.165) is 36.7 Å². The zero-order valence-corrected chi connectivity index (χ0v) is 11.8. The molecule has 18 heavy (non-hydrogen) atoms. The molecule has 3 nitrogen and oxygen atoms in total. The van der Waals surface area contributed by atoms with E-state index >= 15 is 0 Å². The molecule has 2 fully saturated rings. The third-order valence-electron chi connectivity index (χ3n) is 3.65. The van der Waals surface area contributed by atoms with Crippen LogP contribution in [0.1, 0.15) is 37.3 Å². The van der Waals surface area contributed by atoms with Gasteiger partial charge in [0, 0.05) is 17.1 Å². The van der Waals surface area contributed by atoms with Crippen LogP contribution in [0.15, 0.2) is 28.7 Å². The predicted molar refractivity (Wildman–Crippen MR) is 74.4 cm³/mol. The molecule has 0 spiro atoms. The number of rotatable bonds is 2. The van der Waals surface area contributed by atoms with Crippen LogP contribution in [0.5, 0.6) is 0 Å². The van der Waals surface area contributed by atoms with Crippen LogP contribution in [0.4, 0.5) is 4.79 Å². The van der Waals surface area contributed by atoms with Crippen LogP contribution in [0.2, 0.25) is 0 Å². The van der Waals surface area contributed by atoms with Crippen molar-refractivity contribution in [3.8, 4) is 0 Å². The van der Waals surface area contributed by atoms with Gasteiger partial charge >= 0.3 is 6.03 Å². The lowest BCUT2D eigenvalue weighted by atomic mass is 10.1. The number of hydrogen-bond donors (Lipinski definition) is 1. The number of hydrogen-bond acceptors (Lipinski definition) is 1. The molecule has 1 saturated heterocycles. The van der Waals surface area contributed by atoms with Gasteiger partial charge in [-0.1, -0.05) is 28.1 Å². The monoisotopic (exact) mass is 308 g/mol. The average molecular weight is 309 g/mol. The summed E-state index contributed by atoms with van der Waals surface area (Å²) in [7, 11) is 0. The molecule has 2 aliphatic rings. The van der Waals surface area contributed by atoms with Gasteiger partial charge in [0.15, 0.2) is 0 Å². The molecule has 96 valence electrons. The predicted octanol–water partition coefficient (Wildman–Crippen LogP) is 3.46.